The number of likely N-dealkylation sites (tertiary alicyclic amines) is 1. The largest absolute Gasteiger partial charge is 0.493 e. The van der Waals surface area contributed by atoms with Crippen molar-refractivity contribution in [1.82, 2.24) is 4.90 Å². The molecule has 1 heterocycles. The van der Waals surface area contributed by atoms with Crippen molar-refractivity contribution in [2.45, 2.75) is 76.5 Å². The highest BCUT2D eigenvalue weighted by molar-refractivity contribution is 5.95. The molecule has 0 N–H and O–H groups in total. The van der Waals surface area contributed by atoms with Crippen molar-refractivity contribution in [3.05, 3.63) is 29.1 Å². The minimum atomic E-state index is -0.407. The monoisotopic (exact) mass is 411 g/mol. The fourth-order valence-corrected chi connectivity index (χ4v) is 7.54. The number of carbonyl (C=O) groups excluding carboxylic acids is 1. The second kappa shape index (κ2) is 7.24. The number of nitrogens with zero attached hydrogens (tertiary/aromatic N) is 1. The number of rotatable bonds is 5. The Balaban J connectivity index is 1.23. The summed E-state index contributed by atoms with van der Waals surface area (Å²) in [5.41, 5.74) is 1.64. The van der Waals surface area contributed by atoms with Crippen LogP contribution >= 0.6 is 0 Å². The third-order valence-electron chi connectivity index (χ3n) is 8.69. The number of amides is 1. The van der Waals surface area contributed by atoms with Crippen molar-refractivity contribution in [1.29, 1.82) is 0 Å². The van der Waals surface area contributed by atoms with E-state index >= 15 is 4.39 Å². The average Bonchev–Trinajstić information content (AvgIpc) is 3.57. The number of hydrogen-bond donors (Lipinski definition) is 0. The lowest BCUT2D eigenvalue weighted by Gasteiger charge is -2.56. The molecule has 1 aliphatic heterocycles. The highest BCUT2D eigenvalue weighted by atomic mass is 19.1. The van der Waals surface area contributed by atoms with Gasteiger partial charge in [-0.05, 0) is 106 Å². The van der Waals surface area contributed by atoms with Gasteiger partial charge in [-0.1, -0.05) is 0 Å². The van der Waals surface area contributed by atoms with E-state index in [0.29, 0.717) is 17.1 Å². The predicted molar refractivity (Wildman–Crippen MR) is 114 cm³/mol. The molecule has 1 aromatic carbocycles. The summed E-state index contributed by atoms with van der Waals surface area (Å²) in [6, 6.07) is 3.37. The molecule has 6 aliphatic rings. The van der Waals surface area contributed by atoms with Crippen LogP contribution in [-0.2, 0) is 0 Å². The lowest BCUT2D eigenvalue weighted by Crippen LogP contribution is -2.48. The van der Waals surface area contributed by atoms with Gasteiger partial charge in [0.1, 0.15) is 11.6 Å². The first-order valence-electron chi connectivity index (χ1n) is 12.3. The molecule has 162 valence electrons. The van der Waals surface area contributed by atoms with Crippen LogP contribution in [0.15, 0.2) is 12.1 Å². The van der Waals surface area contributed by atoms with Crippen LogP contribution < -0.4 is 4.74 Å². The van der Waals surface area contributed by atoms with Gasteiger partial charge in [0, 0.05) is 24.6 Å². The Bertz CT molecular complexity index is 804. The summed E-state index contributed by atoms with van der Waals surface area (Å²) < 4.78 is 21.5. The van der Waals surface area contributed by atoms with Crippen molar-refractivity contribution in [2.24, 2.45) is 23.2 Å². The molecule has 6 fully saturated rings. The van der Waals surface area contributed by atoms with Gasteiger partial charge < -0.3 is 9.64 Å². The van der Waals surface area contributed by atoms with E-state index in [4.69, 9.17) is 4.74 Å². The van der Waals surface area contributed by atoms with E-state index in [-0.39, 0.29) is 11.5 Å². The quantitative estimate of drug-likeness (QED) is 0.601. The van der Waals surface area contributed by atoms with E-state index in [2.05, 4.69) is 0 Å². The lowest BCUT2D eigenvalue weighted by molar-refractivity contribution is -0.0747. The Hall–Kier alpha value is -1.58. The van der Waals surface area contributed by atoms with Crippen LogP contribution in [0.2, 0.25) is 0 Å². The molecule has 0 unspecified atom stereocenters. The Kier molecular flexibility index (Phi) is 4.62. The fourth-order valence-electron chi connectivity index (χ4n) is 7.54. The zero-order valence-electron chi connectivity index (χ0n) is 18.0. The Morgan fingerprint density at radius 2 is 1.63 bits per heavy atom. The van der Waals surface area contributed by atoms with Gasteiger partial charge in [-0.25, -0.2) is 4.39 Å². The third kappa shape index (κ3) is 3.44. The maximum absolute atomic E-state index is 15.1. The summed E-state index contributed by atoms with van der Waals surface area (Å²) >= 11 is 0. The van der Waals surface area contributed by atoms with Gasteiger partial charge in [0.15, 0.2) is 0 Å². The third-order valence-corrected chi connectivity index (χ3v) is 8.69. The summed E-state index contributed by atoms with van der Waals surface area (Å²) in [5, 5.41) is 0. The molecule has 1 amide bonds. The maximum atomic E-state index is 15.1. The second-order valence-corrected chi connectivity index (χ2v) is 11.2. The van der Waals surface area contributed by atoms with Crippen molar-refractivity contribution < 1.29 is 13.9 Å². The van der Waals surface area contributed by atoms with Crippen LogP contribution in [0, 0.1) is 29.0 Å². The number of halogens is 1. The fraction of sp³-hybridized carbons (Fsp3) is 0.731. The van der Waals surface area contributed by atoms with Crippen LogP contribution in [0.3, 0.4) is 0 Å². The van der Waals surface area contributed by atoms with Crippen LogP contribution in [0.1, 0.15) is 92.5 Å². The molecular formula is C26H34FNO2. The highest BCUT2D eigenvalue weighted by Crippen LogP contribution is 2.60. The maximum Gasteiger partial charge on any atom is 0.256 e. The van der Waals surface area contributed by atoms with Crippen LogP contribution in [-0.4, -0.2) is 30.5 Å². The lowest BCUT2D eigenvalue weighted by atomic mass is 9.50. The minimum absolute atomic E-state index is 0.137. The number of benzene rings is 1. The van der Waals surface area contributed by atoms with E-state index in [1.807, 2.05) is 11.0 Å². The molecule has 0 atom stereocenters. The predicted octanol–water partition coefficient (Wildman–Crippen LogP) is 5.92. The number of hydrogen-bond acceptors (Lipinski definition) is 2. The van der Waals surface area contributed by atoms with Crippen molar-refractivity contribution >= 4 is 5.91 Å². The van der Waals surface area contributed by atoms with Gasteiger partial charge in [0.05, 0.1) is 12.2 Å². The van der Waals surface area contributed by atoms with E-state index < -0.39 is 5.82 Å². The second-order valence-electron chi connectivity index (χ2n) is 11.2. The van der Waals surface area contributed by atoms with E-state index in [0.717, 1.165) is 75.1 Å². The highest BCUT2D eigenvalue weighted by Gasteiger charge is 2.51. The first-order valence-corrected chi connectivity index (χ1v) is 12.3. The van der Waals surface area contributed by atoms with E-state index in [1.165, 1.54) is 44.6 Å². The Labute approximate surface area is 179 Å². The SMILES string of the molecule is O=C(c1cc(C2CC2)c(OCC23CC4CC(CC(C4)C2)C3)cc1F)N1CCCCC1. The van der Waals surface area contributed by atoms with Crippen molar-refractivity contribution in [3.8, 4) is 5.75 Å². The number of ether oxygens (including phenoxy) is 1. The molecule has 5 saturated carbocycles. The average molecular weight is 412 g/mol. The van der Waals surface area contributed by atoms with Gasteiger partial charge >= 0.3 is 0 Å². The van der Waals surface area contributed by atoms with Crippen LogP contribution in [0.25, 0.3) is 0 Å². The molecule has 5 aliphatic carbocycles. The van der Waals surface area contributed by atoms with E-state index in [1.54, 1.807) is 0 Å². The van der Waals surface area contributed by atoms with Gasteiger partial charge in [0.25, 0.3) is 5.91 Å². The molecule has 4 heteroatoms. The van der Waals surface area contributed by atoms with Crippen LogP contribution in [0.5, 0.6) is 5.75 Å². The van der Waals surface area contributed by atoms with Gasteiger partial charge in [-0.3, -0.25) is 4.79 Å². The molecule has 0 aromatic heterocycles. The standard InChI is InChI=1S/C26H34FNO2/c27-23-12-24(30-16-26-13-17-8-18(14-26)10-19(9-17)15-26)21(20-4-5-20)11-22(23)25(29)28-6-2-1-3-7-28/h11-12,17-20H,1-10,13-16H2. The summed E-state index contributed by atoms with van der Waals surface area (Å²) in [4.78, 5) is 14.8. The smallest absolute Gasteiger partial charge is 0.256 e. The van der Waals surface area contributed by atoms with Crippen LogP contribution in [0.4, 0.5) is 4.39 Å². The number of piperidine rings is 1. The normalized spacial score (nSPS) is 35.0. The van der Waals surface area contributed by atoms with Crippen molar-refractivity contribution in [3.63, 3.8) is 0 Å². The Morgan fingerprint density at radius 1 is 1.00 bits per heavy atom. The van der Waals surface area contributed by atoms with E-state index in [9.17, 15) is 4.79 Å². The first-order chi connectivity index (χ1) is 14.6. The first kappa shape index (κ1) is 19.1. The van der Waals surface area contributed by atoms with Crippen molar-refractivity contribution in [2.75, 3.05) is 19.7 Å². The summed E-state index contributed by atoms with van der Waals surface area (Å²) in [7, 11) is 0. The Morgan fingerprint density at radius 3 is 2.23 bits per heavy atom. The molecule has 1 aromatic rings. The van der Waals surface area contributed by atoms with Gasteiger partial charge in [-0.15, -0.1) is 0 Å². The number of carbonyl (C=O) groups is 1. The zero-order valence-corrected chi connectivity index (χ0v) is 18.0. The minimum Gasteiger partial charge on any atom is -0.493 e. The topological polar surface area (TPSA) is 29.5 Å². The molecule has 1 saturated heterocycles. The summed E-state index contributed by atoms with van der Waals surface area (Å²) in [6.07, 6.45) is 13.6. The van der Waals surface area contributed by atoms with Gasteiger partial charge in [-0.2, -0.15) is 0 Å². The molecule has 30 heavy (non-hydrogen) atoms. The molecular weight excluding hydrogens is 377 g/mol. The summed E-state index contributed by atoms with van der Waals surface area (Å²) in [6.45, 7) is 2.23. The van der Waals surface area contributed by atoms with Gasteiger partial charge in [0.2, 0.25) is 0 Å². The summed E-state index contributed by atoms with van der Waals surface area (Å²) in [5.74, 6) is 3.28. The molecule has 3 nitrogen and oxygen atoms in total. The zero-order chi connectivity index (χ0) is 20.3. The molecule has 0 spiro atoms. The molecule has 4 bridgehead atoms. The molecule has 7 rings (SSSR count). The molecule has 0 radical (unpaired) electrons.